The Labute approximate surface area is 181 Å². The van der Waals surface area contributed by atoms with Crippen LogP contribution in [0.25, 0.3) is 11.5 Å². The number of hydrogen-bond acceptors (Lipinski definition) is 4. The minimum absolute atomic E-state index is 0.239. The van der Waals surface area contributed by atoms with Gasteiger partial charge in [0.15, 0.2) is 5.82 Å². The van der Waals surface area contributed by atoms with E-state index in [-0.39, 0.29) is 22.9 Å². The van der Waals surface area contributed by atoms with Crippen LogP contribution in [0, 0.1) is 5.82 Å². The number of carbonyl (C=O) groups excluding carboxylic acids is 3. The van der Waals surface area contributed by atoms with E-state index in [0.29, 0.717) is 22.8 Å². The molecular weight excluding hydrogens is 413 g/mol. The van der Waals surface area contributed by atoms with Gasteiger partial charge in [-0.05, 0) is 54.6 Å². The molecule has 0 aliphatic carbocycles. The molecule has 1 N–H and O–H groups in total. The van der Waals surface area contributed by atoms with Crippen molar-refractivity contribution in [2.45, 2.75) is 0 Å². The fourth-order valence-electron chi connectivity index (χ4n) is 3.64. The molecule has 32 heavy (non-hydrogen) atoms. The predicted octanol–water partition coefficient (Wildman–Crippen LogP) is 3.28. The van der Waals surface area contributed by atoms with E-state index in [0.717, 1.165) is 4.90 Å². The van der Waals surface area contributed by atoms with Crippen molar-refractivity contribution in [1.29, 1.82) is 0 Å². The number of benzene rings is 2. The Bertz CT molecular complexity index is 1370. The number of hydrogen-bond donors (Lipinski definition) is 1. The van der Waals surface area contributed by atoms with Crippen molar-refractivity contribution in [2.75, 3.05) is 12.4 Å². The number of halogens is 1. The summed E-state index contributed by atoms with van der Waals surface area (Å²) in [7, 11) is 1.41. The summed E-state index contributed by atoms with van der Waals surface area (Å²) in [5.74, 6) is -1.16. The molecular formula is C23H16FN5O3. The average Bonchev–Trinajstić information content (AvgIpc) is 3.51. The molecule has 2 aromatic carbocycles. The van der Waals surface area contributed by atoms with E-state index in [2.05, 4.69) is 10.4 Å². The van der Waals surface area contributed by atoms with Crippen molar-refractivity contribution in [3.63, 3.8) is 0 Å². The quantitative estimate of drug-likeness (QED) is 0.504. The number of anilines is 1. The molecule has 4 aromatic rings. The maximum atomic E-state index is 13.4. The minimum atomic E-state index is -0.452. The van der Waals surface area contributed by atoms with Gasteiger partial charge in [-0.3, -0.25) is 19.3 Å². The third-order valence-electron chi connectivity index (χ3n) is 5.26. The number of nitrogens with zero attached hydrogens (tertiary/aromatic N) is 4. The maximum Gasteiger partial charge on any atom is 0.261 e. The Balaban J connectivity index is 1.52. The lowest BCUT2D eigenvalue weighted by atomic mass is 10.1. The molecule has 0 saturated heterocycles. The first-order chi connectivity index (χ1) is 15.4. The van der Waals surface area contributed by atoms with Gasteiger partial charge in [-0.1, -0.05) is 0 Å². The average molecular weight is 429 g/mol. The zero-order valence-electron chi connectivity index (χ0n) is 16.8. The summed E-state index contributed by atoms with van der Waals surface area (Å²) < 4.78 is 16.6. The zero-order chi connectivity index (χ0) is 22.4. The number of nitrogens with one attached hydrogen (secondary N) is 1. The molecule has 2 aromatic heterocycles. The first kappa shape index (κ1) is 19.4. The number of imide groups is 1. The molecule has 9 heteroatoms. The molecule has 3 amide bonds. The summed E-state index contributed by atoms with van der Waals surface area (Å²) in [5, 5.41) is 7.10. The normalized spacial score (nSPS) is 12.9. The second kappa shape index (κ2) is 7.31. The highest BCUT2D eigenvalue weighted by Gasteiger charge is 2.33. The molecule has 1 aliphatic heterocycles. The van der Waals surface area contributed by atoms with Crippen LogP contribution < -0.4 is 5.32 Å². The van der Waals surface area contributed by atoms with Crippen LogP contribution in [-0.2, 0) is 0 Å². The third-order valence-corrected chi connectivity index (χ3v) is 5.26. The molecule has 1 aliphatic rings. The maximum absolute atomic E-state index is 13.4. The van der Waals surface area contributed by atoms with E-state index in [1.807, 2.05) is 12.1 Å². The fraction of sp³-hybridized carbons (Fsp3) is 0.0435. The van der Waals surface area contributed by atoms with Gasteiger partial charge in [0.25, 0.3) is 17.7 Å². The van der Waals surface area contributed by atoms with E-state index >= 15 is 0 Å². The van der Waals surface area contributed by atoms with E-state index in [1.165, 1.54) is 42.2 Å². The Morgan fingerprint density at radius 1 is 0.969 bits per heavy atom. The molecule has 5 rings (SSSR count). The smallest absolute Gasteiger partial charge is 0.261 e. The zero-order valence-corrected chi connectivity index (χ0v) is 16.8. The summed E-state index contributed by atoms with van der Waals surface area (Å²) in [4.78, 5) is 38.5. The van der Waals surface area contributed by atoms with E-state index in [4.69, 9.17) is 0 Å². The molecule has 0 unspecified atom stereocenters. The van der Waals surface area contributed by atoms with E-state index in [9.17, 15) is 18.8 Å². The van der Waals surface area contributed by atoms with Crippen molar-refractivity contribution in [3.05, 3.63) is 95.7 Å². The highest BCUT2D eigenvalue weighted by atomic mass is 19.1. The van der Waals surface area contributed by atoms with E-state index < -0.39 is 11.8 Å². The lowest BCUT2D eigenvalue weighted by Gasteiger charge is -2.11. The molecule has 0 bridgehead atoms. The topological polar surface area (TPSA) is 89.2 Å². The molecule has 8 nitrogen and oxygen atoms in total. The van der Waals surface area contributed by atoms with Crippen LogP contribution in [0.3, 0.4) is 0 Å². The standard InChI is InChI=1S/C23H16FN5O3/c1-27-22(31)17-9-6-15(12-18(17)23(27)32)26-20(30)19-13-25-29(16-7-4-14(24)5-8-16)21(19)28-10-2-3-11-28/h2-13H,1H3,(H,26,30). The molecule has 0 atom stereocenters. The van der Waals surface area contributed by atoms with E-state index in [1.54, 1.807) is 35.2 Å². The molecule has 3 heterocycles. The van der Waals surface area contributed by atoms with Crippen molar-refractivity contribution >= 4 is 23.4 Å². The minimum Gasteiger partial charge on any atom is -0.322 e. The molecule has 0 fully saturated rings. The Hall–Kier alpha value is -4.53. The highest BCUT2D eigenvalue weighted by molar-refractivity contribution is 6.21. The number of fused-ring (bicyclic) bond motifs is 1. The van der Waals surface area contributed by atoms with Crippen LogP contribution in [0.15, 0.2) is 73.2 Å². The van der Waals surface area contributed by atoms with Crippen molar-refractivity contribution < 1.29 is 18.8 Å². The Kier molecular flexibility index (Phi) is 4.44. The predicted molar refractivity (Wildman–Crippen MR) is 114 cm³/mol. The van der Waals surface area contributed by atoms with Gasteiger partial charge in [-0.15, -0.1) is 0 Å². The van der Waals surface area contributed by atoms with Crippen LogP contribution in [0.2, 0.25) is 0 Å². The molecule has 0 saturated carbocycles. The summed E-state index contributed by atoms with van der Waals surface area (Å²) in [6.45, 7) is 0. The van der Waals surface area contributed by atoms with Gasteiger partial charge in [-0.25, -0.2) is 9.07 Å². The van der Waals surface area contributed by atoms with Gasteiger partial charge in [0, 0.05) is 25.1 Å². The molecule has 0 spiro atoms. The molecule has 158 valence electrons. The van der Waals surface area contributed by atoms with Crippen LogP contribution >= 0.6 is 0 Å². The number of amides is 3. The van der Waals surface area contributed by atoms with Gasteiger partial charge in [-0.2, -0.15) is 5.10 Å². The van der Waals surface area contributed by atoms with Gasteiger partial charge < -0.3 is 9.88 Å². The SMILES string of the molecule is CN1C(=O)c2ccc(NC(=O)c3cnn(-c4ccc(F)cc4)c3-n3cccc3)cc2C1=O. The van der Waals surface area contributed by atoms with Crippen molar-refractivity contribution in [1.82, 2.24) is 19.2 Å². The van der Waals surface area contributed by atoms with Gasteiger partial charge in [0.2, 0.25) is 0 Å². The largest absolute Gasteiger partial charge is 0.322 e. The lowest BCUT2D eigenvalue weighted by Crippen LogP contribution is -2.24. The van der Waals surface area contributed by atoms with Crippen LogP contribution in [-0.4, -0.2) is 44.0 Å². The Morgan fingerprint density at radius 3 is 2.38 bits per heavy atom. The second-order valence-electron chi connectivity index (χ2n) is 7.24. The summed E-state index contributed by atoms with van der Waals surface area (Å²) in [6, 6.07) is 14.0. The van der Waals surface area contributed by atoms with Crippen molar-refractivity contribution in [3.8, 4) is 11.5 Å². The number of carbonyl (C=O) groups is 3. The summed E-state index contributed by atoms with van der Waals surface area (Å²) in [6.07, 6.45) is 4.95. The number of rotatable bonds is 4. The van der Waals surface area contributed by atoms with Gasteiger partial charge in [0.1, 0.15) is 11.4 Å². The highest BCUT2D eigenvalue weighted by Crippen LogP contribution is 2.26. The number of aromatic nitrogens is 3. The lowest BCUT2D eigenvalue weighted by molar-refractivity contribution is 0.0692. The van der Waals surface area contributed by atoms with Crippen LogP contribution in [0.1, 0.15) is 31.1 Å². The van der Waals surface area contributed by atoms with Crippen LogP contribution in [0.4, 0.5) is 10.1 Å². The second-order valence-corrected chi connectivity index (χ2v) is 7.24. The fourth-order valence-corrected chi connectivity index (χ4v) is 3.64. The first-order valence-electron chi connectivity index (χ1n) is 9.69. The monoisotopic (exact) mass is 429 g/mol. The van der Waals surface area contributed by atoms with Gasteiger partial charge in [0.05, 0.1) is 23.0 Å². The van der Waals surface area contributed by atoms with Crippen LogP contribution in [0.5, 0.6) is 0 Å². The van der Waals surface area contributed by atoms with Crippen molar-refractivity contribution in [2.24, 2.45) is 0 Å². The molecule has 0 radical (unpaired) electrons. The first-order valence-corrected chi connectivity index (χ1v) is 9.69. The Morgan fingerprint density at radius 2 is 1.66 bits per heavy atom. The van der Waals surface area contributed by atoms with Gasteiger partial charge >= 0.3 is 0 Å². The summed E-state index contributed by atoms with van der Waals surface area (Å²) in [5.41, 5.74) is 1.76. The third kappa shape index (κ3) is 3.07. The summed E-state index contributed by atoms with van der Waals surface area (Å²) >= 11 is 0.